The lowest BCUT2D eigenvalue weighted by Gasteiger charge is -2.01. The van der Waals surface area contributed by atoms with Crippen molar-refractivity contribution in [1.29, 1.82) is 0 Å². The second-order valence-corrected chi connectivity index (χ2v) is 4.32. The molecule has 6 heteroatoms. The van der Waals surface area contributed by atoms with Crippen LogP contribution in [0.4, 0.5) is 6.01 Å². The van der Waals surface area contributed by atoms with E-state index in [9.17, 15) is 0 Å². The monoisotopic (exact) mass is 290 g/mol. The molecule has 2 heterocycles. The highest BCUT2D eigenvalue weighted by Crippen LogP contribution is 2.27. The molecule has 0 fully saturated rings. The summed E-state index contributed by atoms with van der Waals surface area (Å²) < 4.78 is 5.54. The molecule has 0 aliphatic heterocycles. The van der Waals surface area contributed by atoms with Gasteiger partial charge in [-0.1, -0.05) is 23.4 Å². The standard InChI is InChI=1S/C11H7BrN4O/c12-7-5-6-3-1-2-4-8(6)14-9(7)10-15-11(13)17-16-10/h1-5H,(H2,13,15,16). The van der Waals surface area contributed by atoms with E-state index < -0.39 is 0 Å². The van der Waals surface area contributed by atoms with Crippen molar-refractivity contribution in [1.82, 2.24) is 15.1 Å². The average Bonchev–Trinajstić information content (AvgIpc) is 2.75. The summed E-state index contributed by atoms with van der Waals surface area (Å²) in [7, 11) is 0. The molecule has 84 valence electrons. The van der Waals surface area contributed by atoms with E-state index in [0.29, 0.717) is 11.5 Å². The molecular formula is C11H7BrN4O. The molecule has 0 saturated carbocycles. The van der Waals surface area contributed by atoms with Gasteiger partial charge < -0.3 is 10.3 Å². The van der Waals surface area contributed by atoms with Crippen molar-refractivity contribution < 1.29 is 4.52 Å². The fraction of sp³-hybridized carbons (Fsp3) is 0. The lowest BCUT2D eigenvalue weighted by Crippen LogP contribution is -1.90. The lowest BCUT2D eigenvalue weighted by molar-refractivity contribution is 0.436. The number of nitrogen functional groups attached to an aromatic ring is 1. The van der Waals surface area contributed by atoms with E-state index in [1.165, 1.54) is 0 Å². The number of hydrogen-bond acceptors (Lipinski definition) is 5. The summed E-state index contributed by atoms with van der Waals surface area (Å²) in [6.45, 7) is 0. The molecule has 1 aromatic carbocycles. The van der Waals surface area contributed by atoms with Crippen molar-refractivity contribution in [2.24, 2.45) is 0 Å². The SMILES string of the molecule is Nc1nc(-c2nc3ccccc3cc2Br)no1. The van der Waals surface area contributed by atoms with Crippen LogP contribution in [-0.2, 0) is 0 Å². The Morgan fingerprint density at radius 2 is 2.00 bits per heavy atom. The highest BCUT2D eigenvalue weighted by Gasteiger charge is 2.12. The first-order chi connectivity index (χ1) is 8.24. The summed E-state index contributed by atoms with van der Waals surface area (Å²) in [5, 5.41) is 4.79. The van der Waals surface area contributed by atoms with Crippen molar-refractivity contribution in [3.8, 4) is 11.5 Å². The molecule has 0 aliphatic carbocycles. The fourth-order valence-electron chi connectivity index (χ4n) is 1.58. The summed E-state index contributed by atoms with van der Waals surface area (Å²) in [5.41, 5.74) is 6.88. The third-order valence-corrected chi connectivity index (χ3v) is 2.94. The molecule has 0 bridgehead atoms. The smallest absolute Gasteiger partial charge is 0.319 e. The second-order valence-electron chi connectivity index (χ2n) is 3.47. The number of hydrogen-bond donors (Lipinski definition) is 1. The van der Waals surface area contributed by atoms with E-state index in [4.69, 9.17) is 10.3 Å². The Balaban J connectivity index is 2.26. The number of pyridine rings is 1. The summed E-state index contributed by atoms with van der Waals surface area (Å²) in [5.74, 6) is 0.375. The molecule has 0 radical (unpaired) electrons. The van der Waals surface area contributed by atoms with Gasteiger partial charge in [-0.3, -0.25) is 0 Å². The van der Waals surface area contributed by atoms with Crippen LogP contribution in [0.5, 0.6) is 0 Å². The maximum Gasteiger partial charge on any atom is 0.319 e. The van der Waals surface area contributed by atoms with E-state index >= 15 is 0 Å². The van der Waals surface area contributed by atoms with E-state index in [-0.39, 0.29) is 6.01 Å². The molecule has 3 rings (SSSR count). The van der Waals surface area contributed by atoms with E-state index in [2.05, 4.69) is 31.1 Å². The number of para-hydroxylation sites is 1. The van der Waals surface area contributed by atoms with Crippen LogP contribution in [0.1, 0.15) is 0 Å². The van der Waals surface area contributed by atoms with E-state index in [1.807, 2.05) is 30.3 Å². The summed E-state index contributed by atoms with van der Waals surface area (Å²) in [4.78, 5) is 8.43. The second kappa shape index (κ2) is 3.81. The Labute approximate surface area is 105 Å². The number of rotatable bonds is 1. The Bertz CT molecular complexity index is 695. The van der Waals surface area contributed by atoms with Gasteiger partial charge in [-0.15, -0.1) is 0 Å². The van der Waals surface area contributed by atoms with Crippen LogP contribution >= 0.6 is 15.9 Å². The van der Waals surface area contributed by atoms with Crippen LogP contribution in [0.3, 0.4) is 0 Å². The first-order valence-electron chi connectivity index (χ1n) is 4.89. The first-order valence-corrected chi connectivity index (χ1v) is 5.68. The van der Waals surface area contributed by atoms with E-state index in [0.717, 1.165) is 15.4 Å². The average molecular weight is 291 g/mol. The molecule has 0 unspecified atom stereocenters. The van der Waals surface area contributed by atoms with Crippen LogP contribution in [0, 0.1) is 0 Å². The zero-order chi connectivity index (χ0) is 11.8. The zero-order valence-corrected chi connectivity index (χ0v) is 10.2. The summed E-state index contributed by atoms with van der Waals surface area (Å²) in [6.07, 6.45) is 0. The van der Waals surface area contributed by atoms with Gasteiger partial charge in [0.25, 0.3) is 0 Å². The fourth-order valence-corrected chi connectivity index (χ4v) is 2.09. The normalized spacial score (nSPS) is 10.9. The minimum atomic E-state index is 0.0295. The van der Waals surface area contributed by atoms with E-state index in [1.54, 1.807) is 0 Å². The maximum absolute atomic E-state index is 5.40. The number of nitrogens with two attached hydrogens (primary N) is 1. The molecule has 0 amide bonds. The highest BCUT2D eigenvalue weighted by molar-refractivity contribution is 9.10. The summed E-state index contributed by atoms with van der Waals surface area (Å²) >= 11 is 3.44. The Kier molecular flexibility index (Phi) is 2.29. The Hall–Kier alpha value is -1.95. The first kappa shape index (κ1) is 10.2. The number of anilines is 1. The van der Waals surface area contributed by atoms with Gasteiger partial charge in [0.05, 0.1) is 5.52 Å². The number of fused-ring (bicyclic) bond motifs is 1. The van der Waals surface area contributed by atoms with Crippen LogP contribution in [0.2, 0.25) is 0 Å². The van der Waals surface area contributed by atoms with Crippen molar-refractivity contribution in [3.05, 3.63) is 34.8 Å². The number of halogens is 1. The highest BCUT2D eigenvalue weighted by atomic mass is 79.9. The van der Waals surface area contributed by atoms with Gasteiger partial charge in [0, 0.05) is 9.86 Å². The molecular weight excluding hydrogens is 284 g/mol. The quantitative estimate of drug-likeness (QED) is 0.745. The third-order valence-electron chi connectivity index (χ3n) is 2.33. The topological polar surface area (TPSA) is 77.8 Å². The number of aromatic nitrogens is 3. The molecule has 17 heavy (non-hydrogen) atoms. The minimum absolute atomic E-state index is 0.0295. The minimum Gasteiger partial charge on any atom is -0.351 e. The maximum atomic E-state index is 5.40. The van der Waals surface area contributed by atoms with Gasteiger partial charge in [0.1, 0.15) is 5.69 Å². The van der Waals surface area contributed by atoms with Crippen molar-refractivity contribution in [2.75, 3.05) is 5.73 Å². The van der Waals surface area contributed by atoms with Gasteiger partial charge in [-0.05, 0) is 28.1 Å². The Morgan fingerprint density at radius 1 is 1.18 bits per heavy atom. The summed E-state index contributed by atoms with van der Waals surface area (Å²) in [6, 6.07) is 9.79. The molecule has 5 nitrogen and oxygen atoms in total. The molecule has 0 spiro atoms. The Morgan fingerprint density at radius 3 is 2.76 bits per heavy atom. The predicted octanol–water partition coefficient (Wildman–Crippen LogP) is 2.63. The van der Waals surface area contributed by atoms with Crippen LogP contribution < -0.4 is 5.73 Å². The molecule has 0 saturated heterocycles. The molecule has 0 aliphatic rings. The van der Waals surface area contributed by atoms with Gasteiger partial charge in [0.15, 0.2) is 0 Å². The predicted molar refractivity (Wildman–Crippen MR) is 67.1 cm³/mol. The third kappa shape index (κ3) is 1.76. The van der Waals surface area contributed by atoms with Crippen LogP contribution in [0.25, 0.3) is 22.4 Å². The molecule has 3 aromatic rings. The number of nitrogens with zero attached hydrogens (tertiary/aromatic N) is 3. The van der Waals surface area contributed by atoms with Crippen molar-refractivity contribution >= 4 is 32.8 Å². The molecule has 0 atom stereocenters. The largest absolute Gasteiger partial charge is 0.351 e. The van der Waals surface area contributed by atoms with Gasteiger partial charge in [-0.25, -0.2) is 4.98 Å². The number of benzene rings is 1. The van der Waals surface area contributed by atoms with Crippen LogP contribution in [-0.4, -0.2) is 15.1 Å². The van der Waals surface area contributed by atoms with Gasteiger partial charge in [-0.2, -0.15) is 4.98 Å². The van der Waals surface area contributed by atoms with Gasteiger partial charge >= 0.3 is 6.01 Å². The lowest BCUT2D eigenvalue weighted by atomic mass is 10.2. The van der Waals surface area contributed by atoms with Crippen molar-refractivity contribution in [2.45, 2.75) is 0 Å². The van der Waals surface area contributed by atoms with Gasteiger partial charge in [0.2, 0.25) is 5.82 Å². The molecule has 2 aromatic heterocycles. The van der Waals surface area contributed by atoms with Crippen molar-refractivity contribution in [3.63, 3.8) is 0 Å². The molecule has 2 N–H and O–H groups in total. The van der Waals surface area contributed by atoms with Crippen LogP contribution in [0.15, 0.2) is 39.3 Å². The zero-order valence-electron chi connectivity index (χ0n) is 8.59.